The minimum atomic E-state index is -0.247. The number of fused-ring (bicyclic) bond motifs is 4. The zero-order valence-corrected chi connectivity index (χ0v) is 34.0. The minimum Gasteiger partial charge on any atom is -0.309 e. The van der Waals surface area contributed by atoms with Gasteiger partial charge in [-0.05, 0) is 98.2 Å². The van der Waals surface area contributed by atoms with E-state index in [1.54, 1.807) is 12.1 Å². The molecule has 11 aromatic rings. The molecule has 11 rings (SSSR count). The Bertz CT molecular complexity index is 3310. The lowest BCUT2D eigenvalue weighted by Crippen LogP contribution is -2.13. The summed E-state index contributed by atoms with van der Waals surface area (Å²) in [7, 11) is 0. The molecular formula is C58H38FNS. The van der Waals surface area contributed by atoms with Gasteiger partial charge in [0.2, 0.25) is 0 Å². The molecule has 0 amide bonds. The molecule has 0 spiro atoms. The van der Waals surface area contributed by atoms with E-state index in [0.29, 0.717) is 0 Å². The van der Waals surface area contributed by atoms with E-state index in [9.17, 15) is 4.39 Å². The molecule has 0 saturated carbocycles. The molecule has 10 aromatic carbocycles. The van der Waals surface area contributed by atoms with Crippen LogP contribution in [0.15, 0.2) is 231 Å². The molecule has 0 saturated heterocycles. The molecule has 0 unspecified atom stereocenters. The Kier molecular flexibility index (Phi) is 9.30. The maximum atomic E-state index is 14.3. The van der Waals surface area contributed by atoms with Crippen molar-refractivity contribution in [3.05, 3.63) is 236 Å². The maximum Gasteiger partial charge on any atom is 0.123 e. The van der Waals surface area contributed by atoms with Crippen LogP contribution in [-0.2, 0) is 0 Å². The third kappa shape index (κ3) is 6.66. The second kappa shape index (κ2) is 15.5. The molecule has 288 valence electrons. The topological polar surface area (TPSA) is 3.24 Å². The number of hydrogen-bond donors (Lipinski definition) is 0. The van der Waals surface area contributed by atoms with Gasteiger partial charge in [0.05, 0.1) is 11.4 Å². The molecule has 1 aromatic heterocycles. The average Bonchev–Trinajstić information content (AvgIpc) is 3.72. The van der Waals surface area contributed by atoms with Crippen molar-refractivity contribution in [2.75, 3.05) is 4.90 Å². The maximum absolute atomic E-state index is 14.3. The molecule has 1 heterocycles. The van der Waals surface area contributed by atoms with Crippen molar-refractivity contribution in [3.63, 3.8) is 0 Å². The Morgan fingerprint density at radius 1 is 0.344 bits per heavy atom. The first kappa shape index (κ1) is 36.5. The standard InChI is InChI=1S/C58H38FNS/c59-45-34-32-41(33-35-45)47-25-13-20-42-21-14-26-51(57(42)47)48-22-7-10-29-54(48)60(46-37-43(39-16-3-1-4-17-39)36-44(38-46)40-18-5-2-6-19-40)55-30-11-8-23-49(55)52-27-15-28-53-50-24-9-12-31-56(50)61-58(52)53/h1-38H. The summed E-state index contributed by atoms with van der Waals surface area (Å²) in [6.45, 7) is 0. The summed E-state index contributed by atoms with van der Waals surface area (Å²) in [4.78, 5) is 2.47. The Balaban J connectivity index is 1.22. The second-order valence-corrected chi connectivity index (χ2v) is 16.4. The summed E-state index contributed by atoms with van der Waals surface area (Å²) in [5.41, 5.74) is 14.3. The molecule has 0 atom stereocenters. The highest BCUT2D eigenvalue weighted by Crippen LogP contribution is 2.50. The van der Waals surface area contributed by atoms with E-state index in [1.165, 1.54) is 25.7 Å². The van der Waals surface area contributed by atoms with Crippen LogP contribution in [0.4, 0.5) is 21.5 Å². The Morgan fingerprint density at radius 2 is 0.852 bits per heavy atom. The summed E-state index contributed by atoms with van der Waals surface area (Å²) >= 11 is 1.85. The van der Waals surface area contributed by atoms with Crippen molar-refractivity contribution in [1.29, 1.82) is 0 Å². The van der Waals surface area contributed by atoms with Crippen molar-refractivity contribution in [1.82, 2.24) is 0 Å². The van der Waals surface area contributed by atoms with E-state index >= 15 is 0 Å². The smallest absolute Gasteiger partial charge is 0.123 e. The van der Waals surface area contributed by atoms with Gasteiger partial charge >= 0.3 is 0 Å². The zero-order valence-electron chi connectivity index (χ0n) is 33.2. The highest BCUT2D eigenvalue weighted by Gasteiger charge is 2.24. The Labute approximate surface area is 358 Å². The number of hydrogen-bond acceptors (Lipinski definition) is 2. The van der Waals surface area contributed by atoms with Gasteiger partial charge in [0, 0.05) is 42.6 Å². The molecule has 61 heavy (non-hydrogen) atoms. The SMILES string of the molecule is Fc1ccc(-c2cccc3cccc(-c4ccccc4N(c4cc(-c5ccccc5)cc(-c5ccccc5)c4)c4ccccc4-c4cccc5c4sc4ccccc45)c23)cc1. The molecule has 0 bridgehead atoms. The monoisotopic (exact) mass is 799 g/mol. The van der Waals surface area contributed by atoms with E-state index in [4.69, 9.17) is 0 Å². The van der Waals surface area contributed by atoms with Crippen LogP contribution < -0.4 is 4.90 Å². The van der Waals surface area contributed by atoms with Crippen LogP contribution in [0.3, 0.4) is 0 Å². The van der Waals surface area contributed by atoms with E-state index in [1.807, 2.05) is 23.5 Å². The van der Waals surface area contributed by atoms with Crippen LogP contribution in [0.1, 0.15) is 0 Å². The Hall–Kier alpha value is -7.59. The molecule has 0 aliphatic rings. The average molecular weight is 800 g/mol. The number of nitrogens with zero attached hydrogens (tertiary/aromatic N) is 1. The first-order valence-corrected chi connectivity index (χ1v) is 21.4. The van der Waals surface area contributed by atoms with Crippen molar-refractivity contribution in [2.45, 2.75) is 0 Å². The van der Waals surface area contributed by atoms with Gasteiger partial charge in [-0.15, -0.1) is 11.3 Å². The number of thiophene rings is 1. The molecule has 0 aliphatic heterocycles. The molecule has 0 aliphatic carbocycles. The third-order valence-corrected chi connectivity index (χ3v) is 12.9. The van der Waals surface area contributed by atoms with Gasteiger partial charge in [-0.3, -0.25) is 0 Å². The fraction of sp³-hybridized carbons (Fsp3) is 0. The van der Waals surface area contributed by atoms with Crippen LogP contribution in [0.5, 0.6) is 0 Å². The van der Waals surface area contributed by atoms with Crippen molar-refractivity contribution in [3.8, 4) is 55.6 Å². The van der Waals surface area contributed by atoms with Gasteiger partial charge in [-0.2, -0.15) is 0 Å². The highest BCUT2D eigenvalue weighted by atomic mass is 32.1. The van der Waals surface area contributed by atoms with Crippen LogP contribution in [0, 0.1) is 5.82 Å². The number of rotatable bonds is 8. The number of halogens is 1. The second-order valence-electron chi connectivity index (χ2n) is 15.4. The first-order valence-electron chi connectivity index (χ1n) is 20.6. The van der Waals surface area contributed by atoms with Gasteiger partial charge in [0.25, 0.3) is 0 Å². The number of para-hydroxylation sites is 2. The molecule has 1 nitrogen and oxygen atoms in total. The van der Waals surface area contributed by atoms with Crippen LogP contribution in [0.25, 0.3) is 86.6 Å². The minimum absolute atomic E-state index is 0.247. The van der Waals surface area contributed by atoms with Crippen LogP contribution >= 0.6 is 11.3 Å². The highest BCUT2D eigenvalue weighted by molar-refractivity contribution is 7.26. The van der Waals surface area contributed by atoms with Gasteiger partial charge in [-0.1, -0.05) is 182 Å². The Morgan fingerprint density at radius 3 is 1.52 bits per heavy atom. The lowest BCUT2D eigenvalue weighted by molar-refractivity contribution is 0.628. The third-order valence-electron chi connectivity index (χ3n) is 11.7. The molecule has 0 N–H and O–H groups in total. The summed E-state index contributed by atoms with van der Waals surface area (Å²) in [6, 6.07) is 81.2. The lowest BCUT2D eigenvalue weighted by Gasteiger charge is -2.31. The summed E-state index contributed by atoms with van der Waals surface area (Å²) in [5, 5.41) is 4.78. The van der Waals surface area contributed by atoms with E-state index in [-0.39, 0.29) is 5.82 Å². The fourth-order valence-corrected chi connectivity index (χ4v) is 10.2. The first-order chi connectivity index (χ1) is 30.2. The predicted molar refractivity (Wildman–Crippen MR) is 259 cm³/mol. The summed E-state index contributed by atoms with van der Waals surface area (Å²) < 4.78 is 16.8. The number of benzene rings is 10. The van der Waals surface area contributed by atoms with Crippen LogP contribution in [0.2, 0.25) is 0 Å². The van der Waals surface area contributed by atoms with E-state index in [2.05, 4.69) is 211 Å². The van der Waals surface area contributed by atoms with Crippen molar-refractivity contribution < 1.29 is 4.39 Å². The van der Waals surface area contributed by atoms with Crippen LogP contribution in [-0.4, -0.2) is 0 Å². The quantitative estimate of drug-likeness (QED) is 0.148. The van der Waals surface area contributed by atoms with E-state index < -0.39 is 0 Å². The fourth-order valence-electron chi connectivity index (χ4n) is 8.93. The molecular weight excluding hydrogens is 762 g/mol. The van der Waals surface area contributed by atoms with Gasteiger partial charge in [-0.25, -0.2) is 4.39 Å². The normalized spacial score (nSPS) is 11.4. The molecule has 0 fully saturated rings. The number of anilines is 3. The summed E-state index contributed by atoms with van der Waals surface area (Å²) in [5.74, 6) is -0.247. The summed E-state index contributed by atoms with van der Waals surface area (Å²) in [6.07, 6.45) is 0. The molecule has 3 heteroatoms. The largest absolute Gasteiger partial charge is 0.309 e. The zero-order chi connectivity index (χ0) is 40.7. The van der Waals surface area contributed by atoms with Crippen molar-refractivity contribution >= 4 is 59.3 Å². The van der Waals surface area contributed by atoms with E-state index in [0.717, 1.165) is 77.9 Å². The van der Waals surface area contributed by atoms with Crippen molar-refractivity contribution in [2.24, 2.45) is 0 Å². The van der Waals surface area contributed by atoms with Gasteiger partial charge in [0.15, 0.2) is 0 Å². The lowest BCUT2D eigenvalue weighted by atomic mass is 9.90. The van der Waals surface area contributed by atoms with Gasteiger partial charge in [0.1, 0.15) is 5.82 Å². The van der Waals surface area contributed by atoms with Gasteiger partial charge < -0.3 is 4.90 Å². The molecule has 0 radical (unpaired) electrons. The predicted octanol–water partition coefficient (Wildman–Crippen LogP) is 17.2.